The van der Waals surface area contributed by atoms with Crippen LogP contribution < -0.4 is 0 Å². The molecule has 1 rings (SSSR count). The van der Waals surface area contributed by atoms with E-state index in [0.717, 1.165) is 0 Å². The van der Waals surface area contributed by atoms with Crippen molar-refractivity contribution >= 4 is 0 Å². The highest BCUT2D eigenvalue weighted by molar-refractivity contribution is 4.88. The van der Waals surface area contributed by atoms with Crippen molar-refractivity contribution in [3.05, 3.63) is 0 Å². The molecule has 77 valence electrons. The Bertz CT molecular complexity index is 152. The number of aliphatic hydroxyl groups excluding tert-OH is 3. The summed E-state index contributed by atoms with van der Waals surface area (Å²) in [7, 11) is 0. The highest BCUT2D eigenvalue weighted by atomic mass is 16.6. The lowest BCUT2D eigenvalue weighted by Crippen LogP contribution is -2.42. The molecule has 4 atom stereocenters. The minimum atomic E-state index is -1.11. The third-order valence-electron chi connectivity index (χ3n) is 2.02. The van der Waals surface area contributed by atoms with Crippen LogP contribution in [0.5, 0.6) is 0 Å². The van der Waals surface area contributed by atoms with Crippen molar-refractivity contribution in [1.82, 2.24) is 0 Å². The van der Waals surface area contributed by atoms with Crippen molar-refractivity contribution in [2.75, 3.05) is 20.0 Å². The Labute approximate surface area is 75.3 Å². The summed E-state index contributed by atoms with van der Waals surface area (Å²) >= 11 is 0. The van der Waals surface area contributed by atoms with E-state index in [4.69, 9.17) is 14.9 Å². The first-order valence-electron chi connectivity index (χ1n) is 3.99. The SMILES string of the molecule is [O]CO[C@H](CO)[C@H]1OC[C@H](O)[C@H]1O. The maximum Gasteiger partial charge on any atom is 0.181 e. The van der Waals surface area contributed by atoms with E-state index in [-0.39, 0.29) is 6.61 Å². The largest absolute Gasteiger partial charge is 0.394 e. The number of ether oxygens (including phenoxy) is 2. The van der Waals surface area contributed by atoms with Gasteiger partial charge < -0.3 is 24.8 Å². The lowest BCUT2D eigenvalue weighted by molar-refractivity contribution is -0.153. The molecule has 0 unspecified atom stereocenters. The van der Waals surface area contributed by atoms with Gasteiger partial charge in [0.05, 0.1) is 13.2 Å². The molecular formula is C7H13O6. The monoisotopic (exact) mass is 193 g/mol. The lowest BCUT2D eigenvalue weighted by Gasteiger charge is -2.22. The van der Waals surface area contributed by atoms with Crippen LogP contribution in [0.4, 0.5) is 0 Å². The molecular weight excluding hydrogens is 180 g/mol. The van der Waals surface area contributed by atoms with Gasteiger partial charge in [-0.15, -0.1) is 0 Å². The zero-order valence-corrected chi connectivity index (χ0v) is 7.00. The summed E-state index contributed by atoms with van der Waals surface area (Å²) in [5.41, 5.74) is 0. The van der Waals surface area contributed by atoms with Gasteiger partial charge in [-0.25, -0.2) is 5.11 Å². The van der Waals surface area contributed by atoms with Crippen LogP contribution in [0.1, 0.15) is 0 Å². The van der Waals surface area contributed by atoms with Crippen LogP contribution in [-0.4, -0.2) is 59.7 Å². The Balaban J connectivity index is 2.49. The Morgan fingerprint density at radius 3 is 2.62 bits per heavy atom. The highest BCUT2D eigenvalue weighted by Gasteiger charge is 2.40. The predicted molar refractivity (Wildman–Crippen MR) is 39.3 cm³/mol. The van der Waals surface area contributed by atoms with Gasteiger partial charge in [0.1, 0.15) is 24.4 Å². The Kier molecular flexibility index (Phi) is 4.04. The van der Waals surface area contributed by atoms with E-state index in [1.54, 1.807) is 0 Å². The van der Waals surface area contributed by atoms with Crippen LogP contribution >= 0.6 is 0 Å². The first kappa shape index (κ1) is 10.8. The standard InChI is InChI=1S/C7H13O6/c8-1-5(13-3-9)7-6(11)4(10)2-12-7/h4-8,10-11H,1-3H2/t4-,5+,6+,7+/m0/s1. The van der Waals surface area contributed by atoms with Crippen molar-refractivity contribution in [3.8, 4) is 0 Å². The molecule has 1 saturated heterocycles. The van der Waals surface area contributed by atoms with Gasteiger partial charge in [0.2, 0.25) is 0 Å². The van der Waals surface area contributed by atoms with Crippen LogP contribution in [0, 0.1) is 0 Å². The molecule has 0 aromatic carbocycles. The maximum atomic E-state index is 10.1. The summed E-state index contributed by atoms with van der Waals surface area (Å²) < 4.78 is 9.55. The van der Waals surface area contributed by atoms with E-state index >= 15 is 0 Å². The van der Waals surface area contributed by atoms with Crippen LogP contribution in [0.25, 0.3) is 0 Å². The third-order valence-corrected chi connectivity index (χ3v) is 2.02. The van der Waals surface area contributed by atoms with Gasteiger partial charge >= 0.3 is 0 Å². The van der Waals surface area contributed by atoms with Gasteiger partial charge in [-0.1, -0.05) is 0 Å². The number of rotatable bonds is 4. The van der Waals surface area contributed by atoms with Gasteiger partial charge in [0.15, 0.2) is 6.79 Å². The molecule has 6 heteroatoms. The predicted octanol–water partition coefficient (Wildman–Crippen LogP) is -2.13. The fourth-order valence-corrected chi connectivity index (χ4v) is 1.29. The summed E-state index contributed by atoms with van der Waals surface area (Å²) in [6, 6.07) is 0. The van der Waals surface area contributed by atoms with Gasteiger partial charge in [0, 0.05) is 0 Å². The van der Waals surface area contributed by atoms with Crippen molar-refractivity contribution in [2.45, 2.75) is 24.4 Å². The highest BCUT2D eigenvalue weighted by Crippen LogP contribution is 2.19. The summed E-state index contributed by atoms with van der Waals surface area (Å²) in [6.07, 6.45) is -3.78. The Hall–Kier alpha value is -0.240. The fraction of sp³-hybridized carbons (Fsp3) is 1.00. The smallest absolute Gasteiger partial charge is 0.181 e. The second-order valence-corrected chi connectivity index (χ2v) is 2.86. The van der Waals surface area contributed by atoms with E-state index in [1.807, 2.05) is 0 Å². The average molecular weight is 193 g/mol. The molecule has 0 aromatic rings. The van der Waals surface area contributed by atoms with Crippen molar-refractivity contribution < 1.29 is 29.9 Å². The Morgan fingerprint density at radius 1 is 1.54 bits per heavy atom. The lowest BCUT2D eigenvalue weighted by atomic mass is 10.1. The third kappa shape index (κ3) is 2.37. The molecule has 3 N–H and O–H groups in total. The second kappa shape index (κ2) is 4.85. The quantitative estimate of drug-likeness (QED) is 0.443. The number of aliphatic hydroxyl groups is 3. The van der Waals surface area contributed by atoms with Gasteiger partial charge in [-0.3, -0.25) is 0 Å². The van der Waals surface area contributed by atoms with E-state index in [1.165, 1.54) is 0 Å². The van der Waals surface area contributed by atoms with E-state index in [2.05, 4.69) is 4.74 Å². The second-order valence-electron chi connectivity index (χ2n) is 2.86. The summed E-state index contributed by atoms with van der Waals surface area (Å²) in [5, 5.41) is 37.3. The van der Waals surface area contributed by atoms with Crippen molar-refractivity contribution in [1.29, 1.82) is 0 Å². The molecule has 6 nitrogen and oxygen atoms in total. The van der Waals surface area contributed by atoms with Crippen LogP contribution in [0.3, 0.4) is 0 Å². The van der Waals surface area contributed by atoms with Gasteiger partial charge in [0.25, 0.3) is 0 Å². The van der Waals surface area contributed by atoms with Crippen molar-refractivity contribution in [3.63, 3.8) is 0 Å². The molecule has 1 aliphatic rings. The van der Waals surface area contributed by atoms with Crippen LogP contribution in [0.2, 0.25) is 0 Å². The molecule has 13 heavy (non-hydrogen) atoms. The minimum Gasteiger partial charge on any atom is -0.394 e. The van der Waals surface area contributed by atoms with Gasteiger partial charge in [-0.2, -0.15) is 0 Å². The van der Waals surface area contributed by atoms with E-state index < -0.39 is 37.8 Å². The summed E-state index contributed by atoms with van der Waals surface area (Å²) in [5.74, 6) is 0. The summed E-state index contributed by atoms with van der Waals surface area (Å²) in [4.78, 5) is 0. The molecule has 0 amide bonds. The molecule has 1 radical (unpaired) electrons. The van der Waals surface area contributed by atoms with Crippen LogP contribution in [-0.2, 0) is 14.6 Å². The molecule has 1 aliphatic heterocycles. The molecule has 0 aromatic heterocycles. The van der Waals surface area contributed by atoms with E-state index in [0.29, 0.717) is 0 Å². The zero-order chi connectivity index (χ0) is 9.84. The fourth-order valence-electron chi connectivity index (χ4n) is 1.29. The normalized spacial score (nSPS) is 36.5. The molecule has 0 saturated carbocycles. The molecule has 1 fully saturated rings. The molecule has 0 aliphatic carbocycles. The molecule has 1 heterocycles. The average Bonchev–Trinajstić information content (AvgIpc) is 2.45. The summed E-state index contributed by atoms with van der Waals surface area (Å²) in [6.45, 7) is -1.24. The minimum absolute atomic E-state index is 0.00937. The first-order chi connectivity index (χ1) is 6.20. The first-order valence-corrected chi connectivity index (χ1v) is 3.99. The molecule has 0 spiro atoms. The van der Waals surface area contributed by atoms with Crippen LogP contribution in [0.15, 0.2) is 0 Å². The zero-order valence-electron chi connectivity index (χ0n) is 7.00. The Morgan fingerprint density at radius 2 is 2.23 bits per heavy atom. The number of hydrogen-bond acceptors (Lipinski definition) is 5. The maximum absolute atomic E-state index is 10.1. The van der Waals surface area contributed by atoms with E-state index in [9.17, 15) is 10.2 Å². The molecule has 0 bridgehead atoms. The topological polar surface area (TPSA) is 99.1 Å². The van der Waals surface area contributed by atoms with Crippen molar-refractivity contribution in [2.24, 2.45) is 0 Å². The van der Waals surface area contributed by atoms with Gasteiger partial charge in [-0.05, 0) is 0 Å². The number of hydrogen-bond donors (Lipinski definition) is 3.